The smallest absolute Gasteiger partial charge is 0.266 e. The van der Waals surface area contributed by atoms with Crippen LogP contribution in [-0.2, 0) is 4.79 Å². The van der Waals surface area contributed by atoms with Crippen molar-refractivity contribution in [3.05, 3.63) is 107 Å². The lowest BCUT2D eigenvalue weighted by Gasteiger charge is -2.04. The number of nitrogens with zero attached hydrogens (tertiary/aromatic N) is 3. The van der Waals surface area contributed by atoms with Crippen LogP contribution in [0.2, 0.25) is 5.02 Å². The summed E-state index contributed by atoms with van der Waals surface area (Å²) >= 11 is 5.91. The number of carbonyl (C=O) groups excluding carboxylic acids is 1. The van der Waals surface area contributed by atoms with Crippen molar-refractivity contribution in [2.75, 3.05) is 5.32 Å². The molecule has 34 heavy (non-hydrogen) atoms. The van der Waals surface area contributed by atoms with Crippen molar-refractivity contribution in [2.24, 2.45) is 0 Å². The molecule has 2 heterocycles. The van der Waals surface area contributed by atoms with Gasteiger partial charge in [-0.1, -0.05) is 48.0 Å². The third-order valence-electron chi connectivity index (χ3n) is 5.19. The first-order chi connectivity index (χ1) is 16.6. The normalized spacial score (nSPS) is 11.4. The molecule has 2 aromatic heterocycles. The number of hydrogen-bond acceptors (Lipinski definition) is 4. The highest BCUT2D eigenvalue weighted by atomic mass is 35.5. The Morgan fingerprint density at radius 1 is 1.03 bits per heavy atom. The highest BCUT2D eigenvalue weighted by molar-refractivity contribution is 6.30. The van der Waals surface area contributed by atoms with Gasteiger partial charge in [-0.05, 0) is 54.6 Å². The molecule has 0 aliphatic rings. The summed E-state index contributed by atoms with van der Waals surface area (Å²) in [5, 5.41) is 18.6. The Hall–Kier alpha value is -4.60. The molecule has 1 N–H and O–H groups in total. The zero-order chi connectivity index (χ0) is 23.5. The van der Waals surface area contributed by atoms with Gasteiger partial charge in [-0.15, -0.1) is 0 Å². The number of carbonyl (C=O) groups is 1. The number of nitrogens with one attached hydrogen (secondary N) is 1. The fourth-order valence-corrected chi connectivity index (χ4v) is 3.66. The molecule has 1 amide bonds. The van der Waals surface area contributed by atoms with Crippen LogP contribution in [0.3, 0.4) is 0 Å². The molecule has 3 aromatic carbocycles. The number of rotatable bonds is 5. The van der Waals surface area contributed by atoms with Crippen LogP contribution in [0.1, 0.15) is 5.56 Å². The number of fused-ring (bicyclic) bond motifs is 1. The van der Waals surface area contributed by atoms with E-state index < -0.39 is 5.91 Å². The van der Waals surface area contributed by atoms with Gasteiger partial charge in [-0.3, -0.25) is 4.79 Å². The number of aromatic nitrogens is 2. The highest BCUT2D eigenvalue weighted by Gasteiger charge is 2.18. The molecular weight excluding hydrogens is 448 g/mol. The summed E-state index contributed by atoms with van der Waals surface area (Å²) in [4.78, 5) is 12.8. The van der Waals surface area contributed by atoms with Crippen LogP contribution in [0.5, 0.6) is 0 Å². The van der Waals surface area contributed by atoms with E-state index in [0.717, 1.165) is 16.7 Å². The molecule has 164 valence electrons. The minimum absolute atomic E-state index is 0.0695. The number of anilines is 1. The van der Waals surface area contributed by atoms with E-state index in [-0.39, 0.29) is 5.57 Å². The van der Waals surface area contributed by atoms with Gasteiger partial charge in [0.1, 0.15) is 22.9 Å². The predicted octanol–water partition coefficient (Wildman–Crippen LogP) is 6.48. The predicted molar refractivity (Wildman–Crippen MR) is 132 cm³/mol. The summed E-state index contributed by atoms with van der Waals surface area (Å²) in [6, 6.07) is 27.8. The van der Waals surface area contributed by atoms with Crippen molar-refractivity contribution in [3.8, 4) is 23.2 Å². The van der Waals surface area contributed by atoms with Crippen LogP contribution < -0.4 is 5.32 Å². The van der Waals surface area contributed by atoms with E-state index >= 15 is 0 Å². The van der Waals surface area contributed by atoms with Gasteiger partial charge in [-0.2, -0.15) is 10.4 Å². The van der Waals surface area contributed by atoms with E-state index in [4.69, 9.17) is 21.1 Å². The lowest BCUT2D eigenvalue weighted by molar-refractivity contribution is -0.112. The standard InChI is InChI=1S/C27H17ClN4O2/c28-21-10-12-22(13-11-21)30-27(33)19(16-29)14-20-17-32(23-7-2-1-3-8-23)31-26(20)25-15-18-6-4-5-9-24(18)34-25/h1-15,17H,(H,30,33). The second kappa shape index (κ2) is 9.10. The van der Waals surface area contributed by atoms with E-state index in [1.807, 2.05) is 66.7 Å². The van der Waals surface area contributed by atoms with Gasteiger partial charge in [0.15, 0.2) is 5.76 Å². The Morgan fingerprint density at radius 2 is 1.76 bits per heavy atom. The number of nitriles is 1. The Balaban J connectivity index is 1.57. The maximum absolute atomic E-state index is 12.8. The minimum Gasteiger partial charge on any atom is -0.454 e. The Bertz CT molecular complexity index is 1530. The number of halogens is 1. The van der Waals surface area contributed by atoms with Gasteiger partial charge in [0.05, 0.1) is 5.69 Å². The number of amides is 1. The average Bonchev–Trinajstić information content (AvgIpc) is 3.48. The zero-order valence-electron chi connectivity index (χ0n) is 17.8. The Kier molecular flexibility index (Phi) is 5.69. The fraction of sp³-hybridized carbons (Fsp3) is 0. The third-order valence-corrected chi connectivity index (χ3v) is 5.44. The van der Waals surface area contributed by atoms with Crippen molar-refractivity contribution in [1.82, 2.24) is 9.78 Å². The number of para-hydroxylation sites is 2. The van der Waals surface area contributed by atoms with Crippen molar-refractivity contribution in [1.29, 1.82) is 5.26 Å². The summed E-state index contributed by atoms with van der Waals surface area (Å²) in [5.41, 5.74) is 3.12. The number of benzene rings is 3. The molecule has 0 saturated heterocycles. The van der Waals surface area contributed by atoms with Gasteiger partial charge in [-0.25, -0.2) is 4.68 Å². The van der Waals surface area contributed by atoms with Crippen LogP contribution in [-0.4, -0.2) is 15.7 Å². The Morgan fingerprint density at radius 3 is 2.50 bits per heavy atom. The van der Waals surface area contributed by atoms with Crippen LogP contribution >= 0.6 is 11.6 Å². The average molecular weight is 465 g/mol. The van der Waals surface area contributed by atoms with E-state index in [2.05, 4.69) is 5.32 Å². The number of hydrogen-bond donors (Lipinski definition) is 1. The molecule has 5 rings (SSSR count). The number of furan rings is 1. The molecule has 0 unspecified atom stereocenters. The van der Waals surface area contributed by atoms with Gasteiger partial charge >= 0.3 is 0 Å². The second-order valence-corrected chi connectivity index (χ2v) is 7.93. The molecular formula is C27H17ClN4O2. The summed E-state index contributed by atoms with van der Waals surface area (Å²) in [6.07, 6.45) is 3.28. The van der Waals surface area contributed by atoms with E-state index in [1.54, 1.807) is 35.1 Å². The minimum atomic E-state index is -0.534. The van der Waals surface area contributed by atoms with E-state index in [1.165, 1.54) is 6.08 Å². The quantitative estimate of drug-likeness (QED) is 0.238. The zero-order valence-corrected chi connectivity index (χ0v) is 18.5. The largest absolute Gasteiger partial charge is 0.454 e. The van der Waals surface area contributed by atoms with Crippen LogP contribution in [0.4, 0.5) is 5.69 Å². The molecule has 0 radical (unpaired) electrons. The molecule has 7 heteroatoms. The molecule has 0 fully saturated rings. The van der Waals surface area contributed by atoms with E-state index in [0.29, 0.717) is 27.7 Å². The van der Waals surface area contributed by atoms with Crippen molar-refractivity contribution in [3.63, 3.8) is 0 Å². The topological polar surface area (TPSA) is 83.8 Å². The maximum Gasteiger partial charge on any atom is 0.266 e. The summed E-state index contributed by atoms with van der Waals surface area (Å²) in [5.74, 6) is 0.00497. The molecule has 0 spiro atoms. The van der Waals surface area contributed by atoms with Crippen molar-refractivity contribution >= 4 is 40.2 Å². The molecule has 0 bridgehead atoms. The van der Waals surface area contributed by atoms with Crippen molar-refractivity contribution < 1.29 is 9.21 Å². The van der Waals surface area contributed by atoms with Crippen LogP contribution in [0.25, 0.3) is 34.2 Å². The maximum atomic E-state index is 12.8. The van der Waals surface area contributed by atoms with Crippen molar-refractivity contribution in [2.45, 2.75) is 0 Å². The van der Waals surface area contributed by atoms with E-state index in [9.17, 15) is 10.1 Å². The highest BCUT2D eigenvalue weighted by Crippen LogP contribution is 2.31. The SMILES string of the molecule is N#CC(=Cc1cn(-c2ccccc2)nc1-c1cc2ccccc2o1)C(=O)Nc1ccc(Cl)cc1. The van der Waals surface area contributed by atoms with Gasteiger partial charge < -0.3 is 9.73 Å². The lowest BCUT2D eigenvalue weighted by Crippen LogP contribution is -2.13. The first kappa shape index (κ1) is 21.3. The third kappa shape index (κ3) is 4.33. The lowest BCUT2D eigenvalue weighted by atomic mass is 10.1. The molecule has 0 aliphatic heterocycles. The monoisotopic (exact) mass is 464 g/mol. The summed E-state index contributed by atoms with van der Waals surface area (Å²) in [7, 11) is 0. The molecule has 0 aliphatic carbocycles. The van der Waals surface area contributed by atoms with Gasteiger partial charge in [0, 0.05) is 27.9 Å². The second-order valence-electron chi connectivity index (χ2n) is 7.49. The molecule has 0 atom stereocenters. The molecule has 6 nitrogen and oxygen atoms in total. The van der Waals surface area contributed by atoms with Crippen LogP contribution in [0.15, 0.2) is 101 Å². The molecule has 0 saturated carbocycles. The van der Waals surface area contributed by atoms with Crippen LogP contribution in [0, 0.1) is 11.3 Å². The first-order valence-corrected chi connectivity index (χ1v) is 10.8. The first-order valence-electron chi connectivity index (χ1n) is 10.4. The summed E-state index contributed by atoms with van der Waals surface area (Å²) in [6.45, 7) is 0. The summed E-state index contributed by atoms with van der Waals surface area (Å²) < 4.78 is 7.72. The Labute approximate surface area is 200 Å². The van der Waals surface area contributed by atoms with Gasteiger partial charge in [0.2, 0.25) is 0 Å². The van der Waals surface area contributed by atoms with Gasteiger partial charge in [0.25, 0.3) is 5.91 Å². The molecule has 5 aromatic rings. The fourth-order valence-electron chi connectivity index (χ4n) is 3.53.